The molecule has 1 aliphatic rings. The van der Waals surface area contributed by atoms with Crippen molar-refractivity contribution >= 4 is 33.9 Å². The van der Waals surface area contributed by atoms with Gasteiger partial charge in [-0.1, -0.05) is 42.0 Å². The molecule has 0 saturated heterocycles. The molecule has 5 nitrogen and oxygen atoms in total. The molecular weight excluding hydrogens is 477 g/mol. The Bertz CT molecular complexity index is 1250. The number of carbonyl (C=O) groups is 1. The van der Waals surface area contributed by atoms with Crippen LogP contribution < -0.4 is 9.47 Å². The number of halogens is 2. The Morgan fingerprint density at radius 2 is 1.94 bits per heavy atom. The number of rotatable bonds is 6. The molecule has 0 atom stereocenters. The van der Waals surface area contributed by atoms with Gasteiger partial charge in [-0.3, -0.25) is 0 Å². The number of benzene rings is 3. The molecule has 7 heteroatoms. The Morgan fingerprint density at radius 1 is 1.12 bits per heavy atom. The minimum absolute atomic E-state index is 0.0608. The van der Waals surface area contributed by atoms with E-state index < -0.39 is 11.8 Å². The number of methoxy groups -OCH3 is 1. The van der Waals surface area contributed by atoms with E-state index in [-0.39, 0.29) is 17.2 Å². The number of hydrogen-bond acceptors (Lipinski definition) is 5. The van der Waals surface area contributed by atoms with Crippen molar-refractivity contribution in [1.29, 1.82) is 0 Å². The number of aryl methyl sites for hydroxylation is 1. The second kappa shape index (κ2) is 9.36. The zero-order chi connectivity index (χ0) is 22.7. The lowest BCUT2D eigenvalue weighted by Crippen LogP contribution is -2.07. The lowest BCUT2D eigenvalue weighted by molar-refractivity contribution is -0.129. The molecule has 0 saturated carbocycles. The topological polar surface area (TPSA) is 57.1 Å². The summed E-state index contributed by atoms with van der Waals surface area (Å²) in [5, 5.41) is 0. The number of nitrogens with zero attached hydrogens (tertiary/aromatic N) is 1. The number of hydrogen-bond donors (Lipinski definition) is 0. The number of ether oxygens (including phenoxy) is 3. The summed E-state index contributed by atoms with van der Waals surface area (Å²) in [4.78, 5) is 16.4. The van der Waals surface area contributed by atoms with Gasteiger partial charge in [-0.15, -0.1) is 0 Å². The van der Waals surface area contributed by atoms with Gasteiger partial charge in [-0.05, 0) is 64.3 Å². The first-order chi connectivity index (χ1) is 15.4. The SMILES string of the molecule is COc1cc(/C=C2\N=C(c3ccccc3F)OC2=O)cc(Br)c1OCc1cccc(C)c1. The standard InChI is InChI=1S/C25H19BrFNO4/c1-15-6-5-7-16(10-15)14-31-23-19(26)11-17(13-22(23)30-2)12-21-25(29)32-24(28-21)18-8-3-4-9-20(18)27/h3-13H,14H2,1-2H3/b21-12-. The number of aliphatic imine (C=N–C) groups is 1. The van der Waals surface area contributed by atoms with Gasteiger partial charge in [-0.25, -0.2) is 14.2 Å². The highest BCUT2D eigenvalue weighted by Gasteiger charge is 2.26. The smallest absolute Gasteiger partial charge is 0.363 e. The third-order valence-electron chi connectivity index (χ3n) is 4.75. The van der Waals surface area contributed by atoms with Crippen LogP contribution >= 0.6 is 15.9 Å². The molecule has 0 unspecified atom stereocenters. The van der Waals surface area contributed by atoms with Crippen molar-refractivity contribution < 1.29 is 23.4 Å². The summed E-state index contributed by atoms with van der Waals surface area (Å²) < 4.78 is 31.3. The van der Waals surface area contributed by atoms with Crippen molar-refractivity contribution in [3.8, 4) is 11.5 Å². The second-order valence-electron chi connectivity index (χ2n) is 7.13. The Hall–Kier alpha value is -3.45. The van der Waals surface area contributed by atoms with Gasteiger partial charge in [-0.2, -0.15) is 0 Å². The fraction of sp³-hybridized carbons (Fsp3) is 0.120. The van der Waals surface area contributed by atoms with Crippen molar-refractivity contribution in [2.24, 2.45) is 4.99 Å². The van der Waals surface area contributed by atoms with Gasteiger partial charge in [0.05, 0.1) is 17.1 Å². The molecule has 0 aliphatic carbocycles. The van der Waals surface area contributed by atoms with Crippen molar-refractivity contribution in [3.05, 3.63) is 98.9 Å². The molecule has 4 rings (SSSR count). The molecule has 32 heavy (non-hydrogen) atoms. The van der Waals surface area contributed by atoms with E-state index in [4.69, 9.17) is 14.2 Å². The summed E-state index contributed by atoms with van der Waals surface area (Å²) >= 11 is 3.51. The summed E-state index contributed by atoms with van der Waals surface area (Å²) in [6.45, 7) is 2.40. The van der Waals surface area contributed by atoms with E-state index in [2.05, 4.69) is 27.0 Å². The van der Waals surface area contributed by atoms with Crippen LogP contribution in [0.1, 0.15) is 22.3 Å². The maximum atomic E-state index is 14.0. The van der Waals surface area contributed by atoms with Gasteiger partial charge >= 0.3 is 5.97 Å². The summed E-state index contributed by atoms with van der Waals surface area (Å²) in [6, 6.07) is 17.5. The molecule has 1 aliphatic heterocycles. The monoisotopic (exact) mass is 495 g/mol. The largest absolute Gasteiger partial charge is 0.493 e. The van der Waals surface area contributed by atoms with E-state index in [9.17, 15) is 9.18 Å². The summed E-state index contributed by atoms with van der Waals surface area (Å²) in [7, 11) is 1.54. The van der Waals surface area contributed by atoms with Crippen molar-refractivity contribution in [1.82, 2.24) is 0 Å². The molecular formula is C25H19BrFNO4. The van der Waals surface area contributed by atoms with Crippen LogP contribution in [0.25, 0.3) is 6.08 Å². The zero-order valence-electron chi connectivity index (χ0n) is 17.4. The van der Waals surface area contributed by atoms with Gasteiger partial charge in [0.1, 0.15) is 12.4 Å². The van der Waals surface area contributed by atoms with Gasteiger partial charge in [0.25, 0.3) is 0 Å². The lowest BCUT2D eigenvalue weighted by atomic mass is 10.1. The summed E-state index contributed by atoms with van der Waals surface area (Å²) in [6.07, 6.45) is 1.55. The van der Waals surface area contributed by atoms with Gasteiger partial charge in [0.2, 0.25) is 5.90 Å². The normalized spacial score (nSPS) is 14.3. The average Bonchev–Trinajstić information content (AvgIpc) is 3.13. The summed E-state index contributed by atoms with van der Waals surface area (Å²) in [5.41, 5.74) is 3.02. The average molecular weight is 496 g/mol. The molecule has 3 aromatic carbocycles. The molecule has 0 spiro atoms. The fourth-order valence-corrected chi connectivity index (χ4v) is 3.81. The van der Waals surface area contributed by atoms with Gasteiger partial charge < -0.3 is 14.2 Å². The van der Waals surface area contributed by atoms with Gasteiger partial charge in [0, 0.05) is 0 Å². The Kier molecular flexibility index (Phi) is 6.37. The van der Waals surface area contributed by atoms with Crippen LogP contribution in [-0.4, -0.2) is 19.0 Å². The number of carbonyl (C=O) groups excluding carboxylic acids is 1. The van der Waals surface area contributed by atoms with E-state index in [0.717, 1.165) is 11.1 Å². The van der Waals surface area contributed by atoms with Crippen molar-refractivity contribution in [2.45, 2.75) is 13.5 Å². The minimum atomic E-state index is -0.655. The van der Waals surface area contributed by atoms with E-state index >= 15 is 0 Å². The molecule has 0 radical (unpaired) electrons. The van der Waals surface area contributed by atoms with Crippen LogP contribution in [0.3, 0.4) is 0 Å². The van der Waals surface area contributed by atoms with Crippen LogP contribution in [0, 0.1) is 12.7 Å². The molecule has 0 bridgehead atoms. The third-order valence-corrected chi connectivity index (χ3v) is 5.33. The first-order valence-corrected chi connectivity index (χ1v) is 10.6. The molecule has 0 aromatic heterocycles. The Morgan fingerprint density at radius 3 is 2.69 bits per heavy atom. The van der Waals surface area contributed by atoms with E-state index in [1.165, 1.54) is 19.2 Å². The molecule has 0 amide bonds. The second-order valence-corrected chi connectivity index (χ2v) is 7.98. The molecule has 162 valence electrons. The molecule has 1 heterocycles. The third kappa shape index (κ3) is 4.73. The highest BCUT2D eigenvalue weighted by molar-refractivity contribution is 9.10. The van der Waals surface area contributed by atoms with Crippen LogP contribution in [-0.2, 0) is 16.1 Å². The van der Waals surface area contributed by atoms with Crippen LogP contribution in [0.2, 0.25) is 0 Å². The predicted octanol–water partition coefficient (Wildman–Crippen LogP) is 5.83. The van der Waals surface area contributed by atoms with Crippen molar-refractivity contribution in [3.63, 3.8) is 0 Å². The first kappa shape index (κ1) is 21.8. The highest BCUT2D eigenvalue weighted by atomic mass is 79.9. The Balaban J connectivity index is 1.60. The maximum absolute atomic E-state index is 14.0. The van der Waals surface area contributed by atoms with Crippen LogP contribution in [0.5, 0.6) is 11.5 Å². The number of cyclic esters (lactones) is 1. The van der Waals surface area contributed by atoms with Gasteiger partial charge in [0.15, 0.2) is 17.2 Å². The molecule has 0 fully saturated rings. The Labute approximate surface area is 193 Å². The minimum Gasteiger partial charge on any atom is -0.493 e. The first-order valence-electron chi connectivity index (χ1n) is 9.78. The van der Waals surface area contributed by atoms with E-state index in [0.29, 0.717) is 28.1 Å². The molecule has 0 N–H and O–H groups in total. The molecule has 3 aromatic rings. The quantitative estimate of drug-likeness (QED) is 0.319. The zero-order valence-corrected chi connectivity index (χ0v) is 19.0. The summed E-state index contributed by atoms with van der Waals surface area (Å²) in [5.74, 6) is -0.203. The van der Waals surface area contributed by atoms with Crippen molar-refractivity contribution in [2.75, 3.05) is 7.11 Å². The lowest BCUT2D eigenvalue weighted by Gasteiger charge is -2.14. The highest BCUT2D eigenvalue weighted by Crippen LogP contribution is 2.38. The van der Waals surface area contributed by atoms with E-state index in [1.54, 1.807) is 30.3 Å². The maximum Gasteiger partial charge on any atom is 0.363 e. The fourth-order valence-electron chi connectivity index (χ4n) is 3.24. The predicted molar refractivity (Wildman–Crippen MR) is 123 cm³/mol. The van der Waals surface area contributed by atoms with Crippen LogP contribution in [0.4, 0.5) is 4.39 Å². The number of esters is 1. The van der Waals surface area contributed by atoms with E-state index in [1.807, 2.05) is 25.1 Å². The van der Waals surface area contributed by atoms with Crippen LogP contribution in [0.15, 0.2) is 75.8 Å².